The third-order valence-electron chi connectivity index (χ3n) is 9.79. The summed E-state index contributed by atoms with van der Waals surface area (Å²) in [5, 5.41) is 5.61. The Morgan fingerprint density at radius 2 is 1.80 bits per heavy atom. The Hall–Kier alpha value is -3.84. The van der Waals surface area contributed by atoms with Crippen molar-refractivity contribution in [1.29, 1.82) is 0 Å². The molecule has 4 N–H and O–H groups in total. The highest BCUT2D eigenvalue weighted by Gasteiger charge is 2.55. The van der Waals surface area contributed by atoms with Crippen molar-refractivity contribution >= 4 is 17.9 Å². The highest BCUT2D eigenvalue weighted by atomic mass is 19.1. The van der Waals surface area contributed by atoms with E-state index in [1.807, 2.05) is 38.1 Å². The molecule has 0 aromatic heterocycles. The summed E-state index contributed by atoms with van der Waals surface area (Å²) < 4.78 is 25.3. The Morgan fingerprint density at radius 3 is 2.49 bits per heavy atom. The van der Waals surface area contributed by atoms with Crippen LogP contribution in [-0.2, 0) is 19.3 Å². The Bertz CT molecular complexity index is 1460. The number of allylic oxidation sites excluding steroid dienone is 1. The second-order valence-electron chi connectivity index (χ2n) is 13.6. The van der Waals surface area contributed by atoms with Crippen LogP contribution in [0.2, 0.25) is 0 Å². The molecule has 5 rings (SSSR count). The van der Waals surface area contributed by atoms with Crippen LogP contribution < -0.4 is 21.1 Å². The monoisotopic (exact) mass is 680 g/mol. The summed E-state index contributed by atoms with van der Waals surface area (Å²) in [5.41, 5.74) is 7.97. The SMILES string of the molecule is C=C(CC(CC)[C@@]1(C)OO[C@@]2(CCC[C@@H](c3ccc(OC(=O)N4CCC(N)CC4)cc3)C2)O1)NC(=O)CCCNC(=O)c1ccc(F)cc1. The second-order valence-corrected chi connectivity index (χ2v) is 13.6. The molecule has 2 saturated heterocycles. The molecule has 1 saturated carbocycles. The Labute approximate surface area is 287 Å². The van der Waals surface area contributed by atoms with E-state index in [1.165, 1.54) is 24.3 Å². The van der Waals surface area contributed by atoms with Gasteiger partial charge in [0, 0.05) is 62.1 Å². The van der Waals surface area contributed by atoms with Gasteiger partial charge in [0.05, 0.1) is 0 Å². The highest BCUT2D eigenvalue weighted by Crippen LogP contribution is 2.50. The van der Waals surface area contributed by atoms with E-state index in [-0.39, 0.29) is 42.2 Å². The molecule has 3 fully saturated rings. The van der Waals surface area contributed by atoms with Gasteiger partial charge in [0.1, 0.15) is 11.6 Å². The maximum Gasteiger partial charge on any atom is 0.415 e. The summed E-state index contributed by atoms with van der Waals surface area (Å²) in [6, 6.07) is 13.1. The molecule has 1 aliphatic carbocycles. The lowest BCUT2D eigenvalue weighted by Gasteiger charge is -2.37. The van der Waals surface area contributed by atoms with Gasteiger partial charge < -0.3 is 30.7 Å². The topological polar surface area (TPSA) is 141 Å². The minimum absolute atomic E-state index is 0.139. The van der Waals surface area contributed by atoms with Gasteiger partial charge in [-0.2, -0.15) is 9.78 Å². The molecular formula is C37H49FN4O7. The van der Waals surface area contributed by atoms with E-state index in [0.29, 0.717) is 68.7 Å². The molecule has 266 valence electrons. The van der Waals surface area contributed by atoms with Crippen LogP contribution in [0, 0.1) is 11.7 Å². The number of piperidine rings is 1. The summed E-state index contributed by atoms with van der Waals surface area (Å²) in [6.45, 7) is 9.50. The van der Waals surface area contributed by atoms with E-state index < -0.39 is 17.4 Å². The maximum absolute atomic E-state index is 13.1. The number of amides is 3. The zero-order valence-corrected chi connectivity index (χ0v) is 28.5. The Balaban J connectivity index is 1.07. The van der Waals surface area contributed by atoms with Crippen molar-refractivity contribution in [3.8, 4) is 5.75 Å². The van der Waals surface area contributed by atoms with E-state index >= 15 is 0 Å². The van der Waals surface area contributed by atoms with Crippen molar-refractivity contribution < 1.29 is 38.0 Å². The van der Waals surface area contributed by atoms with Gasteiger partial charge in [-0.05, 0) is 99.7 Å². The number of hydrogen-bond acceptors (Lipinski definition) is 8. The van der Waals surface area contributed by atoms with Crippen molar-refractivity contribution in [2.75, 3.05) is 19.6 Å². The molecule has 11 nitrogen and oxygen atoms in total. The quantitative estimate of drug-likeness (QED) is 0.182. The number of nitrogens with one attached hydrogen (secondary N) is 2. The van der Waals surface area contributed by atoms with Gasteiger partial charge in [0.15, 0.2) is 0 Å². The fourth-order valence-corrected chi connectivity index (χ4v) is 6.88. The average molecular weight is 681 g/mol. The lowest BCUT2D eigenvalue weighted by atomic mass is 9.80. The van der Waals surface area contributed by atoms with Crippen LogP contribution in [0.25, 0.3) is 0 Å². The molecule has 1 unspecified atom stereocenters. The molecule has 2 aromatic rings. The number of hydrogen-bond donors (Lipinski definition) is 3. The zero-order chi connectivity index (χ0) is 35.0. The smallest absolute Gasteiger partial charge is 0.410 e. The zero-order valence-electron chi connectivity index (χ0n) is 28.5. The van der Waals surface area contributed by atoms with Gasteiger partial charge in [-0.15, -0.1) is 0 Å². The first-order valence-corrected chi connectivity index (χ1v) is 17.4. The minimum atomic E-state index is -1.04. The first-order chi connectivity index (χ1) is 23.5. The average Bonchev–Trinajstić information content (AvgIpc) is 3.41. The number of benzene rings is 2. The number of carbonyl (C=O) groups is 3. The number of rotatable bonds is 12. The largest absolute Gasteiger partial charge is 0.415 e. The molecule has 2 aromatic carbocycles. The molecule has 0 bridgehead atoms. The van der Waals surface area contributed by atoms with Crippen LogP contribution in [0.5, 0.6) is 5.75 Å². The van der Waals surface area contributed by atoms with Crippen LogP contribution in [0.1, 0.15) is 99.9 Å². The number of ether oxygens (including phenoxy) is 2. The van der Waals surface area contributed by atoms with Crippen LogP contribution in [0.4, 0.5) is 9.18 Å². The van der Waals surface area contributed by atoms with Crippen LogP contribution >= 0.6 is 0 Å². The summed E-state index contributed by atoms with van der Waals surface area (Å²) in [4.78, 5) is 51.0. The summed E-state index contributed by atoms with van der Waals surface area (Å²) in [6.07, 6.45) is 6.15. The van der Waals surface area contributed by atoms with Crippen LogP contribution in [0.15, 0.2) is 60.8 Å². The number of halogens is 1. The van der Waals surface area contributed by atoms with Gasteiger partial charge in [-0.1, -0.05) is 25.6 Å². The number of carbonyl (C=O) groups excluding carboxylic acids is 3. The summed E-state index contributed by atoms with van der Waals surface area (Å²) in [7, 11) is 0. The van der Waals surface area contributed by atoms with Crippen molar-refractivity contribution in [2.45, 2.75) is 102 Å². The van der Waals surface area contributed by atoms with E-state index in [4.69, 9.17) is 25.0 Å². The van der Waals surface area contributed by atoms with Crippen LogP contribution in [-0.4, -0.2) is 60.1 Å². The predicted molar refractivity (Wildman–Crippen MR) is 180 cm³/mol. The molecule has 2 heterocycles. The highest BCUT2D eigenvalue weighted by molar-refractivity contribution is 5.94. The molecule has 49 heavy (non-hydrogen) atoms. The molecule has 1 spiro atoms. The number of nitrogens with zero attached hydrogens (tertiary/aromatic N) is 1. The lowest BCUT2D eigenvalue weighted by Crippen LogP contribution is -2.44. The molecule has 12 heteroatoms. The first kappa shape index (κ1) is 36.4. The molecule has 3 aliphatic rings. The molecular weight excluding hydrogens is 631 g/mol. The van der Waals surface area contributed by atoms with Crippen molar-refractivity contribution in [3.05, 3.63) is 77.8 Å². The van der Waals surface area contributed by atoms with E-state index in [0.717, 1.165) is 31.2 Å². The molecule has 0 radical (unpaired) electrons. The normalized spacial score (nSPS) is 24.7. The number of likely N-dealkylation sites (tertiary alicyclic amines) is 1. The first-order valence-electron chi connectivity index (χ1n) is 17.4. The van der Waals surface area contributed by atoms with Crippen molar-refractivity contribution in [1.82, 2.24) is 15.5 Å². The molecule has 3 amide bonds. The standard InChI is InChI=1S/C37H49FN4O7/c1-4-29(23-25(2)41-33(43)8-6-20-40-34(44)27-9-13-30(38)14-10-27)36(3)47-37(49-48-36)19-5-7-28(24-37)26-11-15-32(16-12-26)46-35(45)42-21-17-31(39)18-22-42/h9-16,28-29,31H,2,4-8,17-24,39H2,1,3H3,(H,40,44)(H,41,43)/t28-,29?,36-,37-/m1/s1. The summed E-state index contributed by atoms with van der Waals surface area (Å²) >= 11 is 0. The Kier molecular flexibility index (Phi) is 12.1. The van der Waals surface area contributed by atoms with Crippen LogP contribution in [0.3, 0.4) is 0 Å². The second kappa shape index (κ2) is 16.2. The maximum atomic E-state index is 13.1. The van der Waals surface area contributed by atoms with Gasteiger partial charge in [0.25, 0.3) is 5.91 Å². The van der Waals surface area contributed by atoms with Gasteiger partial charge in [0.2, 0.25) is 17.5 Å². The van der Waals surface area contributed by atoms with E-state index in [9.17, 15) is 18.8 Å². The third-order valence-corrected chi connectivity index (χ3v) is 9.79. The predicted octanol–water partition coefficient (Wildman–Crippen LogP) is 6.05. The van der Waals surface area contributed by atoms with Crippen molar-refractivity contribution in [3.63, 3.8) is 0 Å². The summed E-state index contributed by atoms with van der Waals surface area (Å²) in [5.74, 6) is -2.32. The lowest BCUT2D eigenvalue weighted by molar-refractivity contribution is -0.359. The third kappa shape index (κ3) is 9.66. The Morgan fingerprint density at radius 1 is 1.08 bits per heavy atom. The van der Waals surface area contributed by atoms with Gasteiger partial charge in [-0.3, -0.25) is 9.59 Å². The number of nitrogens with two attached hydrogens (primary N) is 1. The van der Waals surface area contributed by atoms with E-state index in [1.54, 1.807) is 4.90 Å². The van der Waals surface area contributed by atoms with Crippen molar-refractivity contribution in [2.24, 2.45) is 11.7 Å². The van der Waals surface area contributed by atoms with Gasteiger partial charge in [-0.25, -0.2) is 9.18 Å². The fourth-order valence-electron chi connectivity index (χ4n) is 6.88. The minimum Gasteiger partial charge on any atom is -0.410 e. The van der Waals surface area contributed by atoms with E-state index in [2.05, 4.69) is 17.2 Å². The molecule has 4 atom stereocenters. The molecule has 2 aliphatic heterocycles. The van der Waals surface area contributed by atoms with Gasteiger partial charge >= 0.3 is 6.09 Å². The fraction of sp³-hybridized carbons (Fsp3) is 0.541.